The summed E-state index contributed by atoms with van der Waals surface area (Å²) in [4.78, 5) is 17.2. The van der Waals surface area contributed by atoms with Gasteiger partial charge in [0.2, 0.25) is 5.91 Å². The molecule has 0 spiro atoms. The smallest absolute Gasteiger partial charge is 0.264 e. The van der Waals surface area contributed by atoms with Crippen molar-refractivity contribution in [3.8, 4) is 0 Å². The van der Waals surface area contributed by atoms with Gasteiger partial charge in [-0.05, 0) is 80.6 Å². The van der Waals surface area contributed by atoms with Gasteiger partial charge in [0.15, 0.2) is 0 Å². The minimum atomic E-state index is -3.81. The molecule has 1 N–H and O–H groups in total. The minimum absolute atomic E-state index is 0.0208. The third kappa shape index (κ3) is 3.90. The lowest BCUT2D eigenvalue weighted by molar-refractivity contribution is -0.116. The molecule has 1 aliphatic heterocycles. The number of H-pyrrole nitrogens is 1. The van der Waals surface area contributed by atoms with E-state index in [0.717, 1.165) is 28.6 Å². The molecule has 2 atom stereocenters. The first-order chi connectivity index (χ1) is 15.1. The summed E-state index contributed by atoms with van der Waals surface area (Å²) in [6.07, 6.45) is 3.24. The molecular formula is C25H31N3O3S. The van der Waals surface area contributed by atoms with Crippen molar-refractivity contribution in [2.75, 3.05) is 9.21 Å². The van der Waals surface area contributed by atoms with Crippen LogP contribution in [0, 0.1) is 5.92 Å². The first-order valence-electron chi connectivity index (χ1n) is 11.1. The van der Waals surface area contributed by atoms with E-state index in [4.69, 9.17) is 0 Å². The van der Waals surface area contributed by atoms with E-state index < -0.39 is 10.0 Å². The quantitative estimate of drug-likeness (QED) is 0.565. The number of hydrogen-bond acceptors (Lipinski definition) is 3. The van der Waals surface area contributed by atoms with E-state index >= 15 is 0 Å². The molecule has 1 aromatic heterocycles. The van der Waals surface area contributed by atoms with Gasteiger partial charge in [0, 0.05) is 41.8 Å². The third-order valence-corrected chi connectivity index (χ3v) is 8.11. The van der Waals surface area contributed by atoms with Gasteiger partial charge in [-0.15, -0.1) is 0 Å². The van der Waals surface area contributed by atoms with Crippen molar-refractivity contribution < 1.29 is 13.2 Å². The highest BCUT2D eigenvalue weighted by Gasteiger charge is 2.34. The molecule has 0 bridgehead atoms. The number of rotatable bonds is 6. The summed E-state index contributed by atoms with van der Waals surface area (Å²) in [5.74, 6) is 0.322. The molecule has 0 radical (unpaired) electrons. The number of sulfonamides is 1. The van der Waals surface area contributed by atoms with Crippen molar-refractivity contribution in [3.05, 3.63) is 54.2 Å². The van der Waals surface area contributed by atoms with Gasteiger partial charge in [-0.25, -0.2) is 8.42 Å². The number of fused-ring (bicyclic) bond motifs is 2. The Bertz CT molecular complexity index is 1260. The second kappa shape index (κ2) is 8.28. The predicted molar refractivity (Wildman–Crippen MR) is 130 cm³/mol. The number of nitrogens with one attached hydrogen (secondary N) is 1. The Balaban J connectivity index is 1.80. The molecular weight excluding hydrogens is 422 g/mol. The Kier molecular flexibility index (Phi) is 5.79. The maximum atomic E-state index is 14.0. The summed E-state index contributed by atoms with van der Waals surface area (Å²) in [5.41, 5.74) is 3.33. The highest BCUT2D eigenvalue weighted by molar-refractivity contribution is 7.92. The SMILES string of the molecule is CC(=O)N1c2ccc(S(=O)(=O)N(c3ccc4[nH]ccc4c3)[C@H](C)CC(C)C)cc2C[C@@H]1C. The van der Waals surface area contributed by atoms with Crippen LogP contribution in [0.2, 0.25) is 0 Å². The summed E-state index contributed by atoms with van der Waals surface area (Å²) in [6.45, 7) is 9.70. The molecule has 7 heteroatoms. The summed E-state index contributed by atoms with van der Waals surface area (Å²) < 4.78 is 29.5. The van der Waals surface area contributed by atoms with Gasteiger partial charge in [0.1, 0.15) is 0 Å². The highest BCUT2D eigenvalue weighted by Crippen LogP contribution is 2.36. The van der Waals surface area contributed by atoms with E-state index in [2.05, 4.69) is 18.8 Å². The summed E-state index contributed by atoms with van der Waals surface area (Å²) in [5, 5.41) is 0.972. The number of carbonyl (C=O) groups is 1. The standard InChI is InChI=1S/C25H31N3O3S/c1-16(2)12-18(4)28(22-6-8-24-20(14-22)10-11-26-24)32(30,31)23-7-9-25-21(15-23)13-17(3)27(25)19(5)29/h6-11,14-18,26H,12-13H2,1-5H3/t17-,18+/m0/s1. The lowest BCUT2D eigenvalue weighted by atomic mass is 10.0. The molecule has 1 amide bonds. The molecule has 0 aliphatic carbocycles. The summed E-state index contributed by atoms with van der Waals surface area (Å²) >= 11 is 0. The largest absolute Gasteiger partial charge is 0.361 e. The fourth-order valence-electron chi connectivity index (χ4n) is 4.95. The second-order valence-corrected chi connectivity index (χ2v) is 11.1. The molecule has 32 heavy (non-hydrogen) atoms. The third-order valence-electron chi connectivity index (χ3n) is 6.17. The van der Waals surface area contributed by atoms with Crippen LogP contribution in [-0.4, -0.2) is 31.4 Å². The van der Waals surface area contributed by atoms with Crippen molar-refractivity contribution in [2.45, 2.75) is 64.4 Å². The van der Waals surface area contributed by atoms with Gasteiger partial charge in [-0.2, -0.15) is 0 Å². The van der Waals surface area contributed by atoms with Crippen LogP contribution in [0.5, 0.6) is 0 Å². The summed E-state index contributed by atoms with van der Waals surface area (Å²) in [7, 11) is -3.81. The zero-order valence-electron chi connectivity index (χ0n) is 19.3. The number of anilines is 2. The highest BCUT2D eigenvalue weighted by atomic mass is 32.2. The average molecular weight is 454 g/mol. The topological polar surface area (TPSA) is 73.5 Å². The number of benzene rings is 2. The van der Waals surface area contributed by atoms with E-state index in [1.54, 1.807) is 34.3 Å². The van der Waals surface area contributed by atoms with E-state index in [1.807, 2.05) is 44.3 Å². The number of amides is 1. The Labute approximate surface area is 190 Å². The number of carbonyl (C=O) groups excluding carboxylic acids is 1. The number of aromatic amines is 1. The van der Waals surface area contributed by atoms with Crippen molar-refractivity contribution in [3.63, 3.8) is 0 Å². The molecule has 170 valence electrons. The predicted octanol–water partition coefficient (Wildman–Crippen LogP) is 5.10. The van der Waals surface area contributed by atoms with Crippen LogP contribution in [0.25, 0.3) is 10.9 Å². The molecule has 0 fully saturated rings. The molecule has 2 aromatic carbocycles. The van der Waals surface area contributed by atoms with E-state index in [0.29, 0.717) is 18.0 Å². The van der Waals surface area contributed by atoms with Crippen LogP contribution < -0.4 is 9.21 Å². The maximum absolute atomic E-state index is 14.0. The normalized spacial score (nSPS) is 17.1. The molecule has 4 rings (SSSR count). The molecule has 0 saturated heterocycles. The van der Waals surface area contributed by atoms with Gasteiger partial charge >= 0.3 is 0 Å². The molecule has 0 unspecified atom stereocenters. The van der Waals surface area contributed by atoms with Gasteiger partial charge in [0.25, 0.3) is 10.0 Å². The van der Waals surface area contributed by atoms with Crippen LogP contribution in [0.3, 0.4) is 0 Å². The van der Waals surface area contributed by atoms with Gasteiger partial charge in [-0.1, -0.05) is 13.8 Å². The fourth-order valence-corrected chi connectivity index (χ4v) is 6.66. The molecule has 6 nitrogen and oxygen atoms in total. The first kappa shape index (κ1) is 22.4. The van der Waals surface area contributed by atoms with Crippen LogP contribution >= 0.6 is 0 Å². The van der Waals surface area contributed by atoms with Gasteiger partial charge < -0.3 is 9.88 Å². The van der Waals surface area contributed by atoms with E-state index in [-0.39, 0.29) is 22.9 Å². The average Bonchev–Trinajstić information content (AvgIpc) is 3.29. The van der Waals surface area contributed by atoms with Gasteiger partial charge in [-0.3, -0.25) is 9.10 Å². The second-order valence-electron chi connectivity index (χ2n) is 9.26. The maximum Gasteiger partial charge on any atom is 0.264 e. The van der Waals surface area contributed by atoms with Gasteiger partial charge in [0.05, 0.1) is 10.6 Å². The Morgan fingerprint density at radius 1 is 1.16 bits per heavy atom. The minimum Gasteiger partial charge on any atom is -0.361 e. The Morgan fingerprint density at radius 2 is 1.91 bits per heavy atom. The van der Waals surface area contributed by atoms with Crippen molar-refractivity contribution in [1.82, 2.24) is 4.98 Å². The molecule has 2 heterocycles. The first-order valence-corrected chi connectivity index (χ1v) is 12.6. The van der Waals surface area contributed by atoms with Crippen LogP contribution in [0.1, 0.15) is 46.6 Å². The molecule has 1 aliphatic rings. The van der Waals surface area contributed by atoms with E-state index in [9.17, 15) is 13.2 Å². The Morgan fingerprint density at radius 3 is 2.59 bits per heavy atom. The molecule has 3 aromatic rings. The molecule has 0 saturated carbocycles. The van der Waals surface area contributed by atoms with Crippen molar-refractivity contribution in [1.29, 1.82) is 0 Å². The number of nitrogens with zero attached hydrogens (tertiary/aromatic N) is 2. The van der Waals surface area contributed by atoms with Crippen molar-refractivity contribution in [2.24, 2.45) is 5.92 Å². The Hall–Kier alpha value is -2.80. The monoisotopic (exact) mass is 453 g/mol. The van der Waals surface area contributed by atoms with Crippen LogP contribution in [0.4, 0.5) is 11.4 Å². The number of aromatic nitrogens is 1. The lowest BCUT2D eigenvalue weighted by Gasteiger charge is -2.32. The van der Waals surface area contributed by atoms with Crippen LogP contribution in [-0.2, 0) is 21.2 Å². The number of hydrogen-bond donors (Lipinski definition) is 1. The lowest BCUT2D eigenvalue weighted by Crippen LogP contribution is -2.39. The van der Waals surface area contributed by atoms with Crippen LogP contribution in [0.15, 0.2) is 53.6 Å². The summed E-state index contributed by atoms with van der Waals surface area (Å²) in [6, 6.07) is 12.6. The van der Waals surface area contributed by atoms with E-state index in [1.165, 1.54) is 0 Å². The zero-order chi connectivity index (χ0) is 23.2. The zero-order valence-corrected chi connectivity index (χ0v) is 20.1. The van der Waals surface area contributed by atoms with Crippen molar-refractivity contribution >= 4 is 38.2 Å². The fraction of sp³-hybridized carbons (Fsp3) is 0.400.